The number of benzene rings is 1. The average molecular weight is 276 g/mol. The summed E-state index contributed by atoms with van der Waals surface area (Å²) in [7, 11) is 1.80. The van der Waals surface area contributed by atoms with Crippen LogP contribution in [0.15, 0.2) is 30.3 Å². The van der Waals surface area contributed by atoms with Gasteiger partial charge in [0.2, 0.25) is 0 Å². The first-order valence-corrected chi connectivity index (χ1v) is 7.53. The maximum Gasteiger partial charge on any atom is 0.0634 e. The first-order chi connectivity index (χ1) is 9.45. The first kappa shape index (κ1) is 15.5. The van der Waals surface area contributed by atoms with Crippen molar-refractivity contribution >= 4 is 0 Å². The van der Waals surface area contributed by atoms with Crippen LogP contribution in [0.2, 0.25) is 0 Å². The van der Waals surface area contributed by atoms with Crippen molar-refractivity contribution in [3.05, 3.63) is 35.9 Å². The monoisotopic (exact) mass is 276 g/mol. The lowest BCUT2D eigenvalue weighted by Gasteiger charge is -2.42. The van der Waals surface area contributed by atoms with E-state index in [1.165, 1.54) is 5.56 Å². The number of ether oxygens (including phenoxy) is 1. The summed E-state index contributed by atoms with van der Waals surface area (Å²) < 4.78 is 5.52. The molecule has 1 fully saturated rings. The summed E-state index contributed by atoms with van der Waals surface area (Å²) in [4.78, 5) is 2.55. The summed E-state index contributed by atoms with van der Waals surface area (Å²) in [6.07, 6.45) is 1.06. The fourth-order valence-corrected chi connectivity index (χ4v) is 2.79. The van der Waals surface area contributed by atoms with Crippen molar-refractivity contribution in [1.29, 1.82) is 0 Å². The molecular weight excluding hydrogens is 248 g/mol. The molecule has 0 bridgehead atoms. The topological polar surface area (TPSA) is 24.5 Å². The Labute approximate surface area is 123 Å². The SMILES string of the molecule is COC(C)(C)CCN1CCNC(C)(c2ccccc2)C1. The fraction of sp³-hybridized carbons (Fsp3) is 0.647. The zero-order chi connectivity index (χ0) is 14.6. The van der Waals surface area contributed by atoms with Crippen molar-refractivity contribution in [2.45, 2.75) is 38.3 Å². The van der Waals surface area contributed by atoms with Crippen molar-refractivity contribution < 1.29 is 4.74 Å². The normalized spacial score (nSPS) is 24.8. The van der Waals surface area contributed by atoms with Crippen LogP contribution < -0.4 is 5.32 Å². The molecule has 0 saturated carbocycles. The van der Waals surface area contributed by atoms with Gasteiger partial charge >= 0.3 is 0 Å². The molecule has 0 spiro atoms. The molecule has 1 saturated heterocycles. The Kier molecular flexibility index (Phi) is 4.84. The Morgan fingerprint density at radius 2 is 2.00 bits per heavy atom. The molecule has 1 aliphatic rings. The van der Waals surface area contributed by atoms with Gasteiger partial charge in [-0.05, 0) is 32.8 Å². The molecule has 1 aromatic carbocycles. The minimum Gasteiger partial charge on any atom is -0.379 e. The van der Waals surface area contributed by atoms with E-state index in [0.29, 0.717) is 0 Å². The van der Waals surface area contributed by atoms with Crippen LogP contribution >= 0.6 is 0 Å². The molecule has 1 atom stereocenters. The molecule has 1 aliphatic heterocycles. The van der Waals surface area contributed by atoms with E-state index < -0.39 is 0 Å². The number of piperazine rings is 1. The maximum absolute atomic E-state index is 5.52. The molecule has 0 radical (unpaired) electrons. The van der Waals surface area contributed by atoms with E-state index >= 15 is 0 Å². The van der Waals surface area contributed by atoms with Crippen LogP contribution in [-0.4, -0.2) is 43.8 Å². The van der Waals surface area contributed by atoms with Gasteiger partial charge in [0.05, 0.1) is 11.1 Å². The van der Waals surface area contributed by atoms with E-state index in [4.69, 9.17) is 4.74 Å². The summed E-state index contributed by atoms with van der Waals surface area (Å²) in [5, 5.41) is 3.68. The highest BCUT2D eigenvalue weighted by Gasteiger charge is 2.32. The van der Waals surface area contributed by atoms with Gasteiger partial charge in [0.15, 0.2) is 0 Å². The molecule has 112 valence electrons. The smallest absolute Gasteiger partial charge is 0.0634 e. The summed E-state index contributed by atoms with van der Waals surface area (Å²) >= 11 is 0. The highest BCUT2D eigenvalue weighted by atomic mass is 16.5. The van der Waals surface area contributed by atoms with Crippen molar-refractivity contribution in [1.82, 2.24) is 10.2 Å². The van der Waals surface area contributed by atoms with Gasteiger partial charge in [0.25, 0.3) is 0 Å². The van der Waals surface area contributed by atoms with E-state index in [1.54, 1.807) is 7.11 Å². The third kappa shape index (κ3) is 3.81. The Bertz CT molecular complexity index is 418. The van der Waals surface area contributed by atoms with Gasteiger partial charge in [-0.25, -0.2) is 0 Å². The van der Waals surface area contributed by atoms with Gasteiger partial charge in [0.1, 0.15) is 0 Å². The molecule has 3 heteroatoms. The summed E-state index contributed by atoms with van der Waals surface area (Å²) in [6.45, 7) is 10.9. The maximum atomic E-state index is 5.52. The fourth-order valence-electron chi connectivity index (χ4n) is 2.79. The third-order valence-electron chi connectivity index (χ3n) is 4.48. The summed E-state index contributed by atoms with van der Waals surface area (Å²) in [5.74, 6) is 0. The van der Waals surface area contributed by atoms with E-state index in [-0.39, 0.29) is 11.1 Å². The molecule has 2 rings (SSSR count). The Balaban J connectivity index is 1.98. The number of rotatable bonds is 5. The number of hydrogen-bond acceptors (Lipinski definition) is 3. The molecule has 1 N–H and O–H groups in total. The zero-order valence-corrected chi connectivity index (χ0v) is 13.3. The second-order valence-corrected chi connectivity index (χ2v) is 6.61. The van der Waals surface area contributed by atoms with Crippen LogP contribution in [-0.2, 0) is 10.3 Å². The van der Waals surface area contributed by atoms with Crippen LogP contribution in [0.4, 0.5) is 0 Å². The highest BCUT2D eigenvalue weighted by molar-refractivity contribution is 5.24. The van der Waals surface area contributed by atoms with Crippen LogP contribution in [0.5, 0.6) is 0 Å². The van der Waals surface area contributed by atoms with Gasteiger partial charge in [-0.1, -0.05) is 30.3 Å². The van der Waals surface area contributed by atoms with Gasteiger partial charge in [0, 0.05) is 33.3 Å². The van der Waals surface area contributed by atoms with Crippen LogP contribution in [0.3, 0.4) is 0 Å². The van der Waals surface area contributed by atoms with E-state index in [9.17, 15) is 0 Å². The standard InChI is InChI=1S/C17H28N2O/c1-16(2,20-4)10-12-19-13-11-18-17(3,14-19)15-8-6-5-7-9-15/h5-9,18H,10-14H2,1-4H3. The minimum absolute atomic E-state index is 0.0337. The van der Waals surface area contributed by atoms with Gasteiger partial charge < -0.3 is 10.1 Å². The number of hydrogen-bond donors (Lipinski definition) is 1. The summed E-state index contributed by atoms with van der Waals surface area (Å²) in [5.41, 5.74) is 1.39. The average Bonchev–Trinajstić information content (AvgIpc) is 2.46. The lowest BCUT2D eigenvalue weighted by atomic mass is 9.89. The highest BCUT2D eigenvalue weighted by Crippen LogP contribution is 2.25. The molecule has 3 nitrogen and oxygen atoms in total. The zero-order valence-electron chi connectivity index (χ0n) is 13.3. The third-order valence-corrected chi connectivity index (χ3v) is 4.48. The van der Waals surface area contributed by atoms with Gasteiger partial charge in [-0.15, -0.1) is 0 Å². The van der Waals surface area contributed by atoms with E-state index in [2.05, 4.69) is 61.3 Å². The second-order valence-electron chi connectivity index (χ2n) is 6.61. The Morgan fingerprint density at radius 1 is 1.30 bits per heavy atom. The van der Waals surface area contributed by atoms with Crippen LogP contribution in [0.1, 0.15) is 32.8 Å². The number of nitrogens with zero attached hydrogens (tertiary/aromatic N) is 1. The van der Waals surface area contributed by atoms with Crippen molar-refractivity contribution in [2.75, 3.05) is 33.3 Å². The molecule has 1 unspecified atom stereocenters. The number of nitrogens with one attached hydrogen (secondary N) is 1. The lowest BCUT2D eigenvalue weighted by molar-refractivity contribution is 0.00272. The molecule has 1 aromatic rings. The van der Waals surface area contributed by atoms with Crippen molar-refractivity contribution in [3.8, 4) is 0 Å². The molecule has 0 aromatic heterocycles. The molecule has 1 heterocycles. The molecular formula is C17H28N2O. The van der Waals surface area contributed by atoms with E-state index in [1.807, 2.05) is 0 Å². The largest absolute Gasteiger partial charge is 0.379 e. The van der Waals surface area contributed by atoms with Crippen molar-refractivity contribution in [2.24, 2.45) is 0 Å². The predicted octanol–water partition coefficient (Wildman–Crippen LogP) is 2.62. The van der Waals surface area contributed by atoms with Gasteiger partial charge in [-0.3, -0.25) is 4.90 Å². The van der Waals surface area contributed by atoms with E-state index in [0.717, 1.165) is 32.6 Å². The minimum atomic E-state index is -0.0337. The number of methoxy groups -OCH3 is 1. The molecule has 20 heavy (non-hydrogen) atoms. The molecule has 0 amide bonds. The Hall–Kier alpha value is -0.900. The quantitative estimate of drug-likeness (QED) is 0.895. The van der Waals surface area contributed by atoms with Crippen LogP contribution in [0, 0.1) is 0 Å². The summed E-state index contributed by atoms with van der Waals surface area (Å²) in [6, 6.07) is 10.8. The first-order valence-electron chi connectivity index (χ1n) is 7.53. The lowest BCUT2D eigenvalue weighted by Crippen LogP contribution is -2.57. The van der Waals surface area contributed by atoms with Gasteiger partial charge in [-0.2, -0.15) is 0 Å². The van der Waals surface area contributed by atoms with Crippen LogP contribution in [0.25, 0.3) is 0 Å². The second kappa shape index (κ2) is 6.25. The van der Waals surface area contributed by atoms with Crippen molar-refractivity contribution in [3.63, 3.8) is 0 Å². The molecule has 0 aliphatic carbocycles. The Morgan fingerprint density at radius 3 is 2.65 bits per heavy atom. The predicted molar refractivity (Wildman–Crippen MR) is 83.9 cm³/mol.